The second kappa shape index (κ2) is 4.66. The lowest BCUT2D eigenvalue weighted by molar-refractivity contribution is -0.371. The number of aliphatic hydroxyl groups is 1. The Kier molecular flexibility index (Phi) is 3.77. The van der Waals surface area contributed by atoms with Gasteiger partial charge in [-0.3, -0.25) is 0 Å². The van der Waals surface area contributed by atoms with Gasteiger partial charge in [-0.05, 0) is 32.1 Å². The van der Waals surface area contributed by atoms with E-state index in [0.717, 1.165) is 6.42 Å². The van der Waals surface area contributed by atoms with E-state index >= 15 is 0 Å². The van der Waals surface area contributed by atoms with Gasteiger partial charge in [0.1, 0.15) is 5.67 Å². The molecule has 2 heterocycles. The number of hydrogen-bond donors (Lipinski definition) is 1. The molecule has 0 aliphatic carbocycles. The summed E-state index contributed by atoms with van der Waals surface area (Å²) in [7, 11) is 0. The van der Waals surface area contributed by atoms with Crippen LogP contribution in [0, 0.1) is 0 Å². The summed E-state index contributed by atoms with van der Waals surface area (Å²) in [5.74, 6) is 0. The zero-order chi connectivity index (χ0) is 15.4. The molecule has 0 spiro atoms. The van der Waals surface area contributed by atoms with Gasteiger partial charge in [0, 0.05) is 10.5 Å². The molecule has 0 aromatic heterocycles. The highest BCUT2D eigenvalue weighted by atomic mass is 32.2. The Morgan fingerprint density at radius 3 is 1.95 bits per heavy atom. The van der Waals surface area contributed by atoms with Crippen LogP contribution >= 0.6 is 11.8 Å². The first-order valence-corrected chi connectivity index (χ1v) is 7.03. The Bertz CT molecular complexity index is 366. The van der Waals surface area contributed by atoms with Gasteiger partial charge in [-0.1, -0.05) is 0 Å². The molecular formula is C11H13F7OS. The number of fused-ring (bicyclic) bond motifs is 2. The minimum atomic E-state index is -5.87. The van der Waals surface area contributed by atoms with Gasteiger partial charge >= 0.3 is 12.4 Å². The maximum absolute atomic E-state index is 14.4. The summed E-state index contributed by atoms with van der Waals surface area (Å²) in [5, 5.41) is 8.42. The summed E-state index contributed by atoms with van der Waals surface area (Å²) in [6.07, 6.45) is -13.2. The molecule has 20 heavy (non-hydrogen) atoms. The summed E-state index contributed by atoms with van der Waals surface area (Å²) in [6.45, 7) is 0. The predicted molar refractivity (Wildman–Crippen MR) is 59.2 cm³/mol. The number of thioether (sulfide) groups is 1. The number of hydrogen-bond acceptors (Lipinski definition) is 2. The zero-order valence-corrected chi connectivity index (χ0v) is 11.0. The van der Waals surface area contributed by atoms with Crippen molar-refractivity contribution in [2.24, 2.45) is 0 Å². The van der Waals surface area contributed by atoms with Crippen LogP contribution in [0.15, 0.2) is 0 Å². The normalized spacial score (nSPS) is 34.8. The van der Waals surface area contributed by atoms with E-state index in [1.807, 2.05) is 0 Å². The van der Waals surface area contributed by atoms with Gasteiger partial charge in [0.2, 0.25) is 0 Å². The highest BCUT2D eigenvalue weighted by molar-refractivity contribution is 8.01. The molecule has 2 aliphatic heterocycles. The fraction of sp³-hybridized carbons (Fsp3) is 1.00. The second-order valence-electron chi connectivity index (χ2n) is 5.42. The van der Waals surface area contributed by atoms with Crippen LogP contribution in [0.3, 0.4) is 0 Å². The van der Waals surface area contributed by atoms with Crippen molar-refractivity contribution < 1.29 is 35.8 Å². The van der Waals surface area contributed by atoms with Crippen LogP contribution < -0.4 is 0 Å². The SMILES string of the molecule is OC(CCC1(F)CC2CCC1S2)(C(F)(F)F)C(F)(F)F. The average molecular weight is 326 g/mol. The van der Waals surface area contributed by atoms with Crippen molar-refractivity contribution in [1.82, 2.24) is 0 Å². The van der Waals surface area contributed by atoms with E-state index in [2.05, 4.69) is 0 Å². The zero-order valence-electron chi connectivity index (χ0n) is 10.2. The van der Waals surface area contributed by atoms with Gasteiger partial charge < -0.3 is 5.11 Å². The van der Waals surface area contributed by atoms with Crippen LogP contribution in [0.4, 0.5) is 30.7 Å². The van der Waals surface area contributed by atoms with Gasteiger partial charge in [-0.25, -0.2) is 4.39 Å². The third kappa shape index (κ3) is 2.51. The number of alkyl halides is 7. The third-order valence-electron chi connectivity index (χ3n) is 4.09. The van der Waals surface area contributed by atoms with E-state index in [9.17, 15) is 30.7 Å². The van der Waals surface area contributed by atoms with E-state index in [0.29, 0.717) is 6.42 Å². The fourth-order valence-electron chi connectivity index (χ4n) is 2.84. The maximum atomic E-state index is 14.4. The molecule has 0 saturated carbocycles. The van der Waals surface area contributed by atoms with Crippen LogP contribution in [0.5, 0.6) is 0 Å². The van der Waals surface area contributed by atoms with Crippen LogP contribution in [0.25, 0.3) is 0 Å². The van der Waals surface area contributed by atoms with Crippen molar-refractivity contribution in [3.63, 3.8) is 0 Å². The van der Waals surface area contributed by atoms with E-state index in [1.165, 1.54) is 11.8 Å². The van der Waals surface area contributed by atoms with Crippen molar-refractivity contribution in [2.75, 3.05) is 0 Å². The minimum absolute atomic E-state index is 0.0325. The molecule has 0 amide bonds. The molecule has 118 valence electrons. The molecule has 2 saturated heterocycles. The molecule has 2 rings (SSSR count). The first-order valence-electron chi connectivity index (χ1n) is 6.09. The fourth-order valence-corrected chi connectivity index (χ4v) is 4.68. The lowest BCUT2D eigenvalue weighted by Gasteiger charge is -2.36. The summed E-state index contributed by atoms with van der Waals surface area (Å²) in [5.41, 5.74) is -6.89. The van der Waals surface area contributed by atoms with E-state index < -0.39 is 41.7 Å². The van der Waals surface area contributed by atoms with E-state index in [1.54, 1.807) is 0 Å². The second-order valence-corrected chi connectivity index (χ2v) is 6.93. The molecule has 0 aromatic rings. The summed E-state index contributed by atoms with van der Waals surface area (Å²) in [4.78, 5) is 0. The lowest BCUT2D eigenvalue weighted by atomic mass is 9.80. The molecule has 3 unspecified atom stereocenters. The van der Waals surface area contributed by atoms with Gasteiger partial charge in [0.05, 0.1) is 0 Å². The molecule has 2 bridgehead atoms. The Hall–Kier alpha value is -0.180. The molecule has 9 heteroatoms. The van der Waals surface area contributed by atoms with Gasteiger partial charge in [-0.2, -0.15) is 38.1 Å². The van der Waals surface area contributed by atoms with E-state index in [4.69, 9.17) is 5.11 Å². The Morgan fingerprint density at radius 2 is 1.60 bits per heavy atom. The first-order chi connectivity index (χ1) is 8.89. The number of halogens is 7. The lowest BCUT2D eigenvalue weighted by Crippen LogP contribution is -2.57. The summed E-state index contributed by atoms with van der Waals surface area (Å²) < 4.78 is 89.4. The minimum Gasteiger partial charge on any atom is -0.374 e. The van der Waals surface area contributed by atoms with Crippen molar-refractivity contribution in [3.8, 4) is 0 Å². The molecule has 3 atom stereocenters. The van der Waals surface area contributed by atoms with Gasteiger partial charge in [0.15, 0.2) is 0 Å². The molecule has 1 nitrogen and oxygen atoms in total. The molecule has 1 N–H and O–H groups in total. The maximum Gasteiger partial charge on any atom is 0.426 e. The third-order valence-corrected chi connectivity index (χ3v) is 5.87. The molecule has 2 fully saturated rings. The van der Waals surface area contributed by atoms with Crippen molar-refractivity contribution in [3.05, 3.63) is 0 Å². The average Bonchev–Trinajstić information content (AvgIpc) is 2.82. The summed E-state index contributed by atoms with van der Waals surface area (Å²) in [6, 6.07) is 0. The largest absolute Gasteiger partial charge is 0.426 e. The van der Waals surface area contributed by atoms with Crippen molar-refractivity contribution in [2.45, 2.75) is 66.2 Å². The van der Waals surface area contributed by atoms with Crippen LogP contribution in [-0.4, -0.2) is 39.2 Å². The Labute approximate surface area is 114 Å². The highest BCUT2D eigenvalue weighted by Gasteiger charge is 2.70. The van der Waals surface area contributed by atoms with Gasteiger partial charge in [-0.15, -0.1) is 0 Å². The monoisotopic (exact) mass is 326 g/mol. The molecule has 0 radical (unpaired) electrons. The highest BCUT2D eigenvalue weighted by Crippen LogP contribution is 2.57. The van der Waals surface area contributed by atoms with Crippen LogP contribution in [0.2, 0.25) is 0 Å². The van der Waals surface area contributed by atoms with Crippen molar-refractivity contribution >= 4 is 11.8 Å². The summed E-state index contributed by atoms with van der Waals surface area (Å²) >= 11 is 1.28. The molecule has 2 aliphatic rings. The smallest absolute Gasteiger partial charge is 0.374 e. The predicted octanol–water partition coefficient (Wildman–Crippen LogP) is 4.00. The van der Waals surface area contributed by atoms with Gasteiger partial charge in [0.25, 0.3) is 5.60 Å². The first kappa shape index (κ1) is 16.2. The Balaban J connectivity index is 2.11. The van der Waals surface area contributed by atoms with E-state index in [-0.39, 0.29) is 11.7 Å². The molecular weight excluding hydrogens is 313 g/mol. The van der Waals surface area contributed by atoms with Crippen molar-refractivity contribution in [1.29, 1.82) is 0 Å². The standard InChI is InChI=1S/C11H13F7OS/c12-8(5-6-1-2-7(8)20-6)3-4-9(19,10(13,14)15)11(16,17)18/h6-7,19H,1-5H2. The topological polar surface area (TPSA) is 20.2 Å². The quantitative estimate of drug-likeness (QED) is 0.791. The van der Waals surface area contributed by atoms with Crippen LogP contribution in [0.1, 0.15) is 32.1 Å². The molecule has 0 aromatic carbocycles. The van der Waals surface area contributed by atoms with Crippen LogP contribution in [-0.2, 0) is 0 Å². The number of rotatable bonds is 3. The Morgan fingerprint density at radius 1 is 1.05 bits per heavy atom.